The lowest BCUT2D eigenvalue weighted by atomic mass is 10.1. The lowest BCUT2D eigenvalue weighted by Crippen LogP contribution is -2.37. The minimum Gasteiger partial charge on any atom is -0.366 e. The second-order valence-electron chi connectivity index (χ2n) is 2.96. The van der Waals surface area contributed by atoms with E-state index in [1.807, 2.05) is 6.92 Å². The van der Waals surface area contributed by atoms with Crippen molar-refractivity contribution >= 4 is 6.29 Å². The molecule has 1 unspecified atom stereocenters. The van der Waals surface area contributed by atoms with Gasteiger partial charge in [0.2, 0.25) is 0 Å². The van der Waals surface area contributed by atoms with Gasteiger partial charge >= 0.3 is 0 Å². The zero-order chi connectivity index (χ0) is 8.16. The van der Waals surface area contributed by atoms with Crippen LogP contribution in [0.15, 0.2) is 0 Å². The summed E-state index contributed by atoms with van der Waals surface area (Å²) in [6.07, 6.45) is 2.72. The van der Waals surface area contributed by atoms with E-state index in [2.05, 4.69) is 5.32 Å². The monoisotopic (exact) mass is 157 g/mol. The molecule has 0 aliphatic carbocycles. The Labute approximate surface area is 67.1 Å². The molecule has 1 aliphatic rings. The molecule has 3 heteroatoms. The highest BCUT2D eigenvalue weighted by molar-refractivity contribution is 5.63. The van der Waals surface area contributed by atoms with Crippen molar-refractivity contribution in [3.05, 3.63) is 0 Å². The second kappa shape index (κ2) is 3.83. The van der Waals surface area contributed by atoms with Crippen LogP contribution in [0.1, 0.15) is 19.8 Å². The normalized spacial score (nSPS) is 30.6. The zero-order valence-corrected chi connectivity index (χ0v) is 6.93. The third-order valence-corrected chi connectivity index (χ3v) is 1.96. The number of carbonyl (C=O) groups excluding carboxylic acids is 1. The molecular weight excluding hydrogens is 142 g/mol. The summed E-state index contributed by atoms with van der Waals surface area (Å²) in [6.45, 7) is 4.29. The smallest absolute Gasteiger partial charge is 0.153 e. The van der Waals surface area contributed by atoms with E-state index in [0.29, 0.717) is 13.2 Å². The maximum Gasteiger partial charge on any atom is 0.153 e. The lowest BCUT2D eigenvalue weighted by molar-refractivity contribution is -0.128. The van der Waals surface area contributed by atoms with Crippen molar-refractivity contribution in [2.45, 2.75) is 25.4 Å². The third kappa shape index (κ3) is 2.01. The molecule has 64 valence electrons. The van der Waals surface area contributed by atoms with E-state index in [1.165, 1.54) is 0 Å². The van der Waals surface area contributed by atoms with E-state index in [9.17, 15) is 4.79 Å². The van der Waals surface area contributed by atoms with Crippen LogP contribution in [0.4, 0.5) is 0 Å². The van der Waals surface area contributed by atoms with E-state index in [4.69, 9.17) is 4.74 Å². The van der Waals surface area contributed by atoms with Crippen molar-refractivity contribution in [3.8, 4) is 0 Å². The molecule has 1 rings (SSSR count). The van der Waals surface area contributed by atoms with E-state index in [0.717, 1.165) is 25.7 Å². The van der Waals surface area contributed by atoms with Crippen LogP contribution in [0.5, 0.6) is 0 Å². The average molecular weight is 157 g/mol. The largest absolute Gasteiger partial charge is 0.366 e. The number of nitrogens with one attached hydrogen (secondary N) is 1. The first-order valence-corrected chi connectivity index (χ1v) is 4.14. The molecule has 0 spiro atoms. The molecule has 0 saturated carbocycles. The summed E-state index contributed by atoms with van der Waals surface area (Å²) in [6, 6.07) is 0. The van der Waals surface area contributed by atoms with Gasteiger partial charge in [-0.2, -0.15) is 0 Å². The number of aldehydes is 1. The van der Waals surface area contributed by atoms with Crippen molar-refractivity contribution in [1.82, 2.24) is 5.32 Å². The predicted molar refractivity (Wildman–Crippen MR) is 42.5 cm³/mol. The molecule has 0 aromatic carbocycles. The van der Waals surface area contributed by atoms with E-state index < -0.39 is 5.60 Å². The predicted octanol–water partition coefficient (Wildman–Crippen LogP) is 0.344. The van der Waals surface area contributed by atoms with Gasteiger partial charge < -0.3 is 14.8 Å². The molecule has 0 bridgehead atoms. The maximum absolute atomic E-state index is 10.7. The summed E-state index contributed by atoms with van der Waals surface area (Å²) < 4.78 is 5.46. The molecule has 0 amide bonds. The SMILES string of the molecule is CCCOC1(C=O)CCNC1. The highest BCUT2D eigenvalue weighted by Crippen LogP contribution is 2.16. The quantitative estimate of drug-likeness (QED) is 0.598. The standard InChI is InChI=1S/C8H15NO2/c1-2-5-11-8(7-10)3-4-9-6-8/h7,9H,2-6H2,1H3. The van der Waals surface area contributed by atoms with Crippen molar-refractivity contribution in [1.29, 1.82) is 0 Å². The number of ether oxygens (including phenoxy) is 1. The second-order valence-corrected chi connectivity index (χ2v) is 2.96. The number of rotatable bonds is 4. The van der Waals surface area contributed by atoms with Crippen LogP contribution in [0.25, 0.3) is 0 Å². The Kier molecular flexibility index (Phi) is 3.02. The molecule has 1 saturated heterocycles. The van der Waals surface area contributed by atoms with Gasteiger partial charge in [-0.15, -0.1) is 0 Å². The zero-order valence-electron chi connectivity index (χ0n) is 6.93. The van der Waals surface area contributed by atoms with Gasteiger partial charge in [-0.05, 0) is 19.4 Å². The fraction of sp³-hybridized carbons (Fsp3) is 0.875. The van der Waals surface area contributed by atoms with Crippen LogP contribution in [0.2, 0.25) is 0 Å². The molecule has 1 aliphatic heterocycles. The maximum atomic E-state index is 10.7. The van der Waals surface area contributed by atoms with E-state index in [1.54, 1.807) is 0 Å². The number of hydrogen-bond donors (Lipinski definition) is 1. The Balaban J connectivity index is 2.39. The molecule has 3 nitrogen and oxygen atoms in total. The third-order valence-electron chi connectivity index (χ3n) is 1.96. The van der Waals surface area contributed by atoms with E-state index >= 15 is 0 Å². The first-order chi connectivity index (χ1) is 5.33. The van der Waals surface area contributed by atoms with Gasteiger partial charge in [0, 0.05) is 13.2 Å². The highest BCUT2D eigenvalue weighted by atomic mass is 16.5. The topological polar surface area (TPSA) is 38.3 Å². The first kappa shape index (κ1) is 8.68. The number of hydrogen-bond acceptors (Lipinski definition) is 3. The lowest BCUT2D eigenvalue weighted by Gasteiger charge is -2.20. The van der Waals surface area contributed by atoms with Crippen LogP contribution in [-0.4, -0.2) is 31.6 Å². The summed E-state index contributed by atoms with van der Waals surface area (Å²) in [5.41, 5.74) is -0.504. The fourth-order valence-electron chi connectivity index (χ4n) is 1.25. The Morgan fingerprint density at radius 1 is 1.73 bits per heavy atom. The van der Waals surface area contributed by atoms with Crippen LogP contribution in [0.3, 0.4) is 0 Å². The molecule has 11 heavy (non-hydrogen) atoms. The molecule has 0 radical (unpaired) electrons. The minimum atomic E-state index is -0.504. The van der Waals surface area contributed by atoms with Gasteiger partial charge in [0.15, 0.2) is 6.29 Å². The summed E-state index contributed by atoms with van der Waals surface area (Å²) in [7, 11) is 0. The Bertz CT molecular complexity index is 130. The van der Waals surface area contributed by atoms with Crippen molar-refractivity contribution in [2.24, 2.45) is 0 Å². The van der Waals surface area contributed by atoms with Crippen LogP contribution in [0, 0.1) is 0 Å². The van der Waals surface area contributed by atoms with Crippen LogP contribution < -0.4 is 5.32 Å². The molecule has 0 aromatic rings. The summed E-state index contributed by atoms with van der Waals surface area (Å²) in [5.74, 6) is 0. The van der Waals surface area contributed by atoms with Crippen molar-refractivity contribution in [2.75, 3.05) is 19.7 Å². The molecule has 1 N–H and O–H groups in total. The summed E-state index contributed by atoms with van der Waals surface area (Å²) in [4.78, 5) is 10.7. The van der Waals surface area contributed by atoms with E-state index in [-0.39, 0.29) is 0 Å². The summed E-state index contributed by atoms with van der Waals surface area (Å²) in [5, 5.41) is 3.12. The van der Waals surface area contributed by atoms with Crippen molar-refractivity contribution in [3.63, 3.8) is 0 Å². The minimum absolute atomic E-state index is 0.504. The molecule has 1 atom stereocenters. The van der Waals surface area contributed by atoms with Gasteiger partial charge in [-0.3, -0.25) is 0 Å². The summed E-state index contributed by atoms with van der Waals surface area (Å²) >= 11 is 0. The highest BCUT2D eigenvalue weighted by Gasteiger charge is 2.33. The Hall–Kier alpha value is -0.410. The molecular formula is C8H15NO2. The van der Waals surface area contributed by atoms with Gasteiger partial charge in [-0.25, -0.2) is 0 Å². The van der Waals surface area contributed by atoms with Gasteiger partial charge in [0.1, 0.15) is 5.60 Å². The number of carbonyl (C=O) groups is 1. The first-order valence-electron chi connectivity index (χ1n) is 4.14. The van der Waals surface area contributed by atoms with Gasteiger partial charge in [-0.1, -0.05) is 6.92 Å². The Morgan fingerprint density at radius 2 is 2.55 bits per heavy atom. The van der Waals surface area contributed by atoms with Crippen LogP contribution in [-0.2, 0) is 9.53 Å². The van der Waals surface area contributed by atoms with Gasteiger partial charge in [0.05, 0.1) is 0 Å². The average Bonchev–Trinajstić information content (AvgIpc) is 2.50. The molecule has 0 aromatic heterocycles. The van der Waals surface area contributed by atoms with Gasteiger partial charge in [0.25, 0.3) is 0 Å². The fourth-order valence-corrected chi connectivity index (χ4v) is 1.25. The molecule has 1 heterocycles. The molecule has 1 fully saturated rings. The van der Waals surface area contributed by atoms with Crippen LogP contribution >= 0.6 is 0 Å². The Morgan fingerprint density at radius 3 is 3.00 bits per heavy atom. The van der Waals surface area contributed by atoms with Crippen molar-refractivity contribution < 1.29 is 9.53 Å².